The summed E-state index contributed by atoms with van der Waals surface area (Å²) in [6.45, 7) is 6.15. The second kappa shape index (κ2) is 6.39. The van der Waals surface area contributed by atoms with E-state index in [-0.39, 0.29) is 5.88 Å². The minimum atomic E-state index is -0.907. The second-order valence-corrected chi connectivity index (χ2v) is 4.68. The average Bonchev–Trinajstić information content (AvgIpc) is 2.35. The molecule has 2 atom stereocenters. The van der Waals surface area contributed by atoms with E-state index < -0.39 is 12.2 Å². The summed E-state index contributed by atoms with van der Waals surface area (Å²) in [5.74, 6) is 0.0430. The zero-order valence-corrected chi connectivity index (χ0v) is 11.5. The van der Waals surface area contributed by atoms with Gasteiger partial charge in [-0.25, -0.2) is 0 Å². The third kappa shape index (κ3) is 3.21. The van der Waals surface area contributed by atoms with Gasteiger partial charge in [-0.2, -0.15) is 0 Å². The van der Waals surface area contributed by atoms with E-state index in [1.54, 1.807) is 0 Å². The standard InChI is InChI=1S/C14H21ClO2/c1-4-10-6-9(3)7-11(5-2)13(10)14(17)12(16)8-15/h6-7,12,14,16-17H,4-5,8H2,1-3H3. The van der Waals surface area contributed by atoms with Crippen LogP contribution in [-0.2, 0) is 12.8 Å². The number of aliphatic hydroxyl groups is 2. The summed E-state index contributed by atoms with van der Waals surface area (Å²) < 4.78 is 0. The van der Waals surface area contributed by atoms with Crippen LogP contribution in [0.25, 0.3) is 0 Å². The lowest BCUT2D eigenvalue weighted by atomic mass is 9.89. The van der Waals surface area contributed by atoms with Gasteiger partial charge in [0.2, 0.25) is 0 Å². The molecule has 2 nitrogen and oxygen atoms in total. The largest absolute Gasteiger partial charge is 0.389 e. The van der Waals surface area contributed by atoms with E-state index in [0.29, 0.717) is 0 Å². The number of aliphatic hydroxyl groups excluding tert-OH is 2. The van der Waals surface area contributed by atoms with Crippen LogP contribution < -0.4 is 0 Å². The third-order valence-corrected chi connectivity index (χ3v) is 3.39. The van der Waals surface area contributed by atoms with Gasteiger partial charge in [0.25, 0.3) is 0 Å². The van der Waals surface area contributed by atoms with Gasteiger partial charge >= 0.3 is 0 Å². The van der Waals surface area contributed by atoms with Crippen molar-refractivity contribution in [2.45, 2.75) is 45.8 Å². The number of hydrogen-bond donors (Lipinski definition) is 2. The minimum Gasteiger partial charge on any atom is -0.389 e. The average molecular weight is 257 g/mol. The van der Waals surface area contributed by atoms with Crippen LogP contribution in [0, 0.1) is 6.92 Å². The topological polar surface area (TPSA) is 40.5 Å². The van der Waals surface area contributed by atoms with Crippen molar-refractivity contribution in [2.24, 2.45) is 0 Å². The number of benzene rings is 1. The zero-order chi connectivity index (χ0) is 13.0. The van der Waals surface area contributed by atoms with Crippen LogP contribution >= 0.6 is 11.6 Å². The fraction of sp³-hybridized carbons (Fsp3) is 0.571. The Labute approximate surface area is 108 Å². The van der Waals surface area contributed by atoms with Crippen LogP contribution in [0.5, 0.6) is 0 Å². The van der Waals surface area contributed by atoms with E-state index in [4.69, 9.17) is 11.6 Å². The molecule has 2 N–H and O–H groups in total. The Morgan fingerprint density at radius 2 is 1.59 bits per heavy atom. The molecule has 17 heavy (non-hydrogen) atoms. The summed E-state index contributed by atoms with van der Waals surface area (Å²) in [5, 5.41) is 19.9. The highest BCUT2D eigenvalue weighted by atomic mass is 35.5. The van der Waals surface area contributed by atoms with Crippen molar-refractivity contribution in [1.82, 2.24) is 0 Å². The van der Waals surface area contributed by atoms with Crippen LogP contribution in [0.15, 0.2) is 12.1 Å². The minimum absolute atomic E-state index is 0.0430. The molecule has 3 heteroatoms. The first-order chi connectivity index (χ1) is 8.04. The van der Waals surface area contributed by atoms with Crippen molar-refractivity contribution >= 4 is 11.6 Å². The summed E-state index contributed by atoms with van der Waals surface area (Å²) in [5.41, 5.74) is 4.24. The van der Waals surface area contributed by atoms with Crippen molar-refractivity contribution in [3.8, 4) is 0 Å². The number of halogens is 1. The molecule has 0 aliphatic heterocycles. The van der Waals surface area contributed by atoms with Crippen molar-refractivity contribution in [1.29, 1.82) is 0 Å². The molecule has 0 bridgehead atoms. The molecule has 1 rings (SSSR count). The highest BCUT2D eigenvalue weighted by Crippen LogP contribution is 2.28. The number of hydrogen-bond acceptors (Lipinski definition) is 2. The summed E-state index contributed by atoms with van der Waals surface area (Å²) in [4.78, 5) is 0. The van der Waals surface area contributed by atoms with E-state index >= 15 is 0 Å². The van der Waals surface area contributed by atoms with Crippen molar-refractivity contribution in [3.63, 3.8) is 0 Å². The lowest BCUT2D eigenvalue weighted by Crippen LogP contribution is -2.22. The molecule has 0 fully saturated rings. The fourth-order valence-electron chi connectivity index (χ4n) is 2.19. The van der Waals surface area contributed by atoms with Crippen LogP contribution in [0.1, 0.15) is 42.2 Å². The molecule has 0 radical (unpaired) electrons. The van der Waals surface area contributed by atoms with Gasteiger partial charge < -0.3 is 10.2 Å². The summed E-state index contributed by atoms with van der Waals surface area (Å²) in [6.07, 6.45) is -0.112. The molecular weight excluding hydrogens is 236 g/mol. The number of alkyl halides is 1. The van der Waals surface area contributed by atoms with Crippen molar-refractivity contribution < 1.29 is 10.2 Å². The highest BCUT2D eigenvalue weighted by molar-refractivity contribution is 6.18. The molecule has 0 spiro atoms. The SMILES string of the molecule is CCc1cc(C)cc(CC)c1C(O)C(O)CCl. The Bertz CT molecular complexity index is 351. The molecule has 0 amide bonds. The van der Waals surface area contributed by atoms with E-state index in [1.807, 2.05) is 6.92 Å². The van der Waals surface area contributed by atoms with Gasteiger partial charge in [0.15, 0.2) is 0 Å². The Hall–Kier alpha value is -0.570. The Kier molecular flexibility index (Phi) is 5.44. The van der Waals surface area contributed by atoms with E-state index in [2.05, 4.69) is 26.0 Å². The molecule has 0 aromatic heterocycles. The highest BCUT2D eigenvalue weighted by Gasteiger charge is 2.22. The van der Waals surface area contributed by atoms with Gasteiger partial charge in [0.05, 0.1) is 12.0 Å². The molecule has 0 aliphatic carbocycles. The van der Waals surface area contributed by atoms with Crippen LogP contribution in [0.4, 0.5) is 0 Å². The molecule has 0 saturated heterocycles. The number of aryl methyl sites for hydroxylation is 3. The van der Waals surface area contributed by atoms with Gasteiger partial charge in [-0.05, 0) is 36.5 Å². The molecular formula is C14H21ClO2. The zero-order valence-electron chi connectivity index (χ0n) is 10.7. The second-order valence-electron chi connectivity index (χ2n) is 4.37. The normalized spacial score (nSPS) is 14.7. The Morgan fingerprint density at radius 1 is 1.12 bits per heavy atom. The summed E-state index contributed by atoms with van der Waals surface area (Å²) in [7, 11) is 0. The monoisotopic (exact) mass is 256 g/mol. The van der Waals surface area contributed by atoms with Gasteiger partial charge in [-0.3, -0.25) is 0 Å². The van der Waals surface area contributed by atoms with Gasteiger partial charge in [-0.1, -0.05) is 31.5 Å². The third-order valence-electron chi connectivity index (χ3n) is 3.08. The van der Waals surface area contributed by atoms with Crippen LogP contribution in [-0.4, -0.2) is 22.2 Å². The molecule has 2 unspecified atom stereocenters. The van der Waals surface area contributed by atoms with Gasteiger partial charge in [0, 0.05) is 0 Å². The lowest BCUT2D eigenvalue weighted by molar-refractivity contribution is 0.0316. The van der Waals surface area contributed by atoms with E-state index in [1.165, 1.54) is 5.56 Å². The maximum Gasteiger partial charge on any atom is 0.107 e. The predicted molar refractivity (Wildman–Crippen MR) is 71.6 cm³/mol. The molecule has 0 aliphatic rings. The Morgan fingerprint density at radius 3 is 1.94 bits per heavy atom. The first-order valence-electron chi connectivity index (χ1n) is 6.09. The fourth-order valence-corrected chi connectivity index (χ4v) is 2.36. The smallest absolute Gasteiger partial charge is 0.107 e. The molecule has 0 saturated carbocycles. The summed E-state index contributed by atoms with van der Waals surface area (Å²) >= 11 is 5.61. The lowest BCUT2D eigenvalue weighted by Gasteiger charge is -2.22. The quantitative estimate of drug-likeness (QED) is 0.796. The molecule has 96 valence electrons. The maximum atomic E-state index is 10.2. The van der Waals surface area contributed by atoms with E-state index in [9.17, 15) is 10.2 Å². The van der Waals surface area contributed by atoms with Crippen LogP contribution in [0.2, 0.25) is 0 Å². The Balaban J connectivity index is 3.28. The van der Waals surface area contributed by atoms with Crippen LogP contribution in [0.3, 0.4) is 0 Å². The van der Waals surface area contributed by atoms with Gasteiger partial charge in [-0.15, -0.1) is 11.6 Å². The van der Waals surface area contributed by atoms with E-state index in [0.717, 1.165) is 29.5 Å². The molecule has 0 heterocycles. The summed E-state index contributed by atoms with van der Waals surface area (Å²) in [6, 6.07) is 4.14. The number of rotatable bonds is 5. The van der Waals surface area contributed by atoms with Crippen molar-refractivity contribution in [2.75, 3.05) is 5.88 Å². The predicted octanol–water partition coefficient (Wildman–Crippen LogP) is 2.75. The first-order valence-corrected chi connectivity index (χ1v) is 6.62. The maximum absolute atomic E-state index is 10.2. The van der Waals surface area contributed by atoms with Gasteiger partial charge in [0.1, 0.15) is 6.10 Å². The van der Waals surface area contributed by atoms with Crippen molar-refractivity contribution in [3.05, 3.63) is 34.4 Å². The molecule has 1 aromatic carbocycles. The first kappa shape index (κ1) is 14.5. The molecule has 1 aromatic rings.